The van der Waals surface area contributed by atoms with Gasteiger partial charge in [0.05, 0.1) is 11.8 Å². The molecule has 1 aromatic rings. The van der Waals surface area contributed by atoms with E-state index in [4.69, 9.17) is 29.4 Å². The summed E-state index contributed by atoms with van der Waals surface area (Å²) < 4.78 is 25.9. The van der Waals surface area contributed by atoms with Gasteiger partial charge in [-0.3, -0.25) is 14.4 Å². The van der Waals surface area contributed by atoms with Crippen molar-refractivity contribution in [2.75, 3.05) is 6.61 Å². The second-order valence-corrected chi connectivity index (χ2v) is 8.89. The maximum Gasteiger partial charge on any atom is 0.508 e. The van der Waals surface area contributed by atoms with Gasteiger partial charge >= 0.3 is 24.1 Å². The van der Waals surface area contributed by atoms with Crippen LogP contribution >= 0.6 is 0 Å². The van der Waals surface area contributed by atoms with Crippen LogP contribution in [0.25, 0.3) is 0 Å². The molecule has 1 aromatic carbocycles. The zero-order valence-corrected chi connectivity index (χ0v) is 21.5. The minimum absolute atomic E-state index is 0.0531. The molecule has 0 spiro atoms. The Hall–Kier alpha value is -3.14. The number of rotatable bonds is 12. The Bertz CT molecular complexity index is 882. The Labute approximate surface area is 206 Å². The van der Waals surface area contributed by atoms with Gasteiger partial charge in [-0.2, -0.15) is 0 Å². The van der Waals surface area contributed by atoms with Gasteiger partial charge in [-0.15, -0.1) is 0 Å². The topological polar surface area (TPSA) is 140 Å². The van der Waals surface area contributed by atoms with Gasteiger partial charge in [0, 0.05) is 0 Å². The van der Waals surface area contributed by atoms with E-state index >= 15 is 0 Å². The highest BCUT2D eigenvalue weighted by Crippen LogP contribution is 2.30. The number of benzene rings is 1. The lowest BCUT2D eigenvalue weighted by Crippen LogP contribution is -2.37. The molecule has 0 bridgehead atoms. The molecule has 0 aliphatic carbocycles. The molecule has 0 amide bonds. The second-order valence-electron chi connectivity index (χ2n) is 8.89. The summed E-state index contributed by atoms with van der Waals surface area (Å²) in [5, 5.41) is 0. The molecule has 1 rings (SSSR count). The van der Waals surface area contributed by atoms with Crippen LogP contribution in [0.5, 0.6) is 11.5 Å². The molecule has 0 saturated carbocycles. The first-order valence-corrected chi connectivity index (χ1v) is 11.7. The van der Waals surface area contributed by atoms with E-state index in [0.29, 0.717) is 12.0 Å². The molecule has 35 heavy (non-hydrogen) atoms. The summed E-state index contributed by atoms with van der Waals surface area (Å²) in [7, 11) is 0. The third-order valence-corrected chi connectivity index (χ3v) is 4.76. The van der Waals surface area contributed by atoms with Crippen molar-refractivity contribution in [1.29, 1.82) is 0 Å². The van der Waals surface area contributed by atoms with Crippen LogP contribution in [0.3, 0.4) is 0 Å². The summed E-state index contributed by atoms with van der Waals surface area (Å²) in [5.74, 6) is -2.33. The quantitative estimate of drug-likeness (QED) is 0.338. The Morgan fingerprint density at radius 3 is 1.91 bits per heavy atom. The summed E-state index contributed by atoms with van der Waals surface area (Å²) in [6.45, 7) is 11.7. The lowest BCUT2D eigenvalue weighted by molar-refractivity contribution is -0.152. The first kappa shape index (κ1) is 29.9. The van der Waals surface area contributed by atoms with E-state index in [2.05, 4.69) is 0 Å². The fourth-order valence-corrected chi connectivity index (χ4v) is 2.42. The van der Waals surface area contributed by atoms with Crippen LogP contribution in [0.15, 0.2) is 18.2 Å². The molecule has 2 N–H and O–H groups in total. The van der Waals surface area contributed by atoms with Crippen molar-refractivity contribution in [3.8, 4) is 11.5 Å². The maximum absolute atomic E-state index is 12.4. The summed E-state index contributed by atoms with van der Waals surface area (Å²) in [5.41, 5.74) is 6.56. The highest BCUT2D eigenvalue weighted by Gasteiger charge is 2.22. The normalized spacial score (nSPS) is 13.5. The van der Waals surface area contributed by atoms with Gasteiger partial charge in [-0.1, -0.05) is 40.7 Å². The summed E-state index contributed by atoms with van der Waals surface area (Å²) >= 11 is 0. The van der Waals surface area contributed by atoms with Gasteiger partial charge in [0.15, 0.2) is 11.5 Å². The third kappa shape index (κ3) is 10.8. The van der Waals surface area contributed by atoms with Crippen LogP contribution < -0.4 is 15.2 Å². The van der Waals surface area contributed by atoms with Gasteiger partial charge < -0.3 is 29.4 Å². The van der Waals surface area contributed by atoms with Crippen LogP contribution in [0.4, 0.5) is 4.79 Å². The Balaban J connectivity index is 2.80. The molecule has 10 heteroatoms. The summed E-state index contributed by atoms with van der Waals surface area (Å²) in [6, 6.07) is 3.55. The van der Waals surface area contributed by atoms with Crippen LogP contribution in [0.1, 0.15) is 60.5 Å². The van der Waals surface area contributed by atoms with Crippen molar-refractivity contribution in [3.05, 3.63) is 23.8 Å². The molecule has 10 nitrogen and oxygen atoms in total. The van der Waals surface area contributed by atoms with Crippen molar-refractivity contribution in [3.63, 3.8) is 0 Å². The number of nitrogens with two attached hydrogens (primary N) is 1. The van der Waals surface area contributed by atoms with Crippen molar-refractivity contribution in [2.24, 2.45) is 17.6 Å². The summed E-state index contributed by atoms with van der Waals surface area (Å²) in [4.78, 5) is 48.1. The monoisotopic (exact) mass is 495 g/mol. The fourth-order valence-electron chi connectivity index (χ4n) is 2.42. The van der Waals surface area contributed by atoms with E-state index in [1.165, 1.54) is 12.1 Å². The first-order chi connectivity index (χ1) is 16.3. The van der Waals surface area contributed by atoms with E-state index in [0.717, 1.165) is 0 Å². The van der Waals surface area contributed by atoms with Crippen LogP contribution in [0.2, 0.25) is 0 Å². The minimum atomic E-state index is -1.04. The van der Waals surface area contributed by atoms with Gasteiger partial charge in [-0.05, 0) is 44.4 Å². The van der Waals surface area contributed by atoms with Crippen molar-refractivity contribution >= 4 is 24.1 Å². The van der Waals surface area contributed by atoms with Crippen molar-refractivity contribution in [1.82, 2.24) is 0 Å². The molecule has 0 aliphatic rings. The molecule has 196 valence electrons. The third-order valence-electron chi connectivity index (χ3n) is 4.76. The molecule has 3 atom stereocenters. The number of hydrogen-bond donors (Lipinski definition) is 1. The zero-order valence-electron chi connectivity index (χ0n) is 21.5. The number of carbonyl (C=O) groups excluding carboxylic acids is 4. The number of ether oxygens (including phenoxy) is 5. The van der Waals surface area contributed by atoms with E-state index in [1.807, 2.05) is 6.92 Å². The number of hydrogen-bond acceptors (Lipinski definition) is 10. The van der Waals surface area contributed by atoms with Crippen molar-refractivity contribution in [2.45, 2.75) is 79.6 Å². The highest BCUT2D eigenvalue weighted by atomic mass is 16.7. The molecule has 1 unspecified atom stereocenters. The van der Waals surface area contributed by atoms with E-state index in [1.54, 1.807) is 47.6 Å². The lowest BCUT2D eigenvalue weighted by Gasteiger charge is -2.18. The largest absolute Gasteiger partial charge is 0.508 e. The molecular weight excluding hydrogens is 458 g/mol. The van der Waals surface area contributed by atoms with Crippen LogP contribution in [-0.2, 0) is 35.0 Å². The predicted molar refractivity (Wildman–Crippen MR) is 127 cm³/mol. The van der Waals surface area contributed by atoms with E-state index < -0.39 is 42.1 Å². The SMILES string of the molecule is CCC(C)OC(=O)OC[C@H](C)OC(=O)[C@@H](N)Cc1ccc(OC(=O)C(C)C)c(OC(=O)C(C)C)c1. The Kier molecular flexibility index (Phi) is 12.2. The Morgan fingerprint density at radius 1 is 0.800 bits per heavy atom. The van der Waals surface area contributed by atoms with Crippen molar-refractivity contribution < 1.29 is 42.9 Å². The average molecular weight is 496 g/mol. The van der Waals surface area contributed by atoms with Crippen LogP contribution in [0, 0.1) is 11.8 Å². The molecular formula is C25H37NO9. The average Bonchev–Trinajstić information content (AvgIpc) is 2.78. The molecule has 0 radical (unpaired) electrons. The molecule has 0 aromatic heterocycles. The highest BCUT2D eigenvalue weighted by molar-refractivity contribution is 5.78. The van der Waals surface area contributed by atoms with Crippen LogP contribution in [-0.4, -0.2) is 48.9 Å². The van der Waals surface area contributed by atoms with Gasteiger partial charge in [-0.25, -0.2) is 4.79 Å². The number of esters is 3. The zero-order chi connectivity index (χ0) is 26.7. The molecule has 0 aliphatic heterocycles. The van der Waals surface area contributed by atoms with E-state index in [9.17, 15) is 19.2 Å². The Morgan fingerprint density at radius 2 is 1.37 bits per heavy atom. The van der Waals surface area contributed by atoms with Gasteiger partial charge in [0.1, 0.15) is 24.9 Å². The van der Waals surface area contributed by atoms with Gasteiger partial charge in [0.25, 0.3) is 0 Å². The fraction of sp³-hybridized carbons (Fsp3) is 0.600. The minimum Gasteiger partial charge on any atom is -0.458 e. The van der Waals surface area contributed by atoms with E-state index in [-0.39, 0.29) is 36.5 Å². The predicted octanol–water partition coefficient (Wildman–Crippen LogP) is 3.56. The lowest BCUT2D eigenvalue weighted by atomic mass is 10.1. The smallest absolute Gasteiger partial charge is 0.458 e. The standard InChI is InChI=1S/C25H37NO9/c1-8-16(6)33-25(30)31-13-17(7)32-24(29)19(26)11-18-9-10-20(34-22(27)14(2)3)21(12-18)35-23(28)15(4)5/h9-10,12,14-17,19H,8,11,13,26H2,1-7H3/t16?,17-,19-/m0/s1. The molecule has 0 saturated heterocycles. The first-order valence-electron chi connectivity index (χ1n) is 11.7. The maximum atomic E-state index is 12.4. The van der Waals surface area contributed by atoms with Gasteiger partial charge in [0.2, 0.25) is 0 Å². The molecule has 0 fully saturated rings. The summed E-state index contributed by atoms with van der Waals surface area (Å²) in [6.07, 6.45) is -1.15. The number of carbonyl (C=O) groups is 4. The molecule has 0 heterocycles. The second kappa shape index (κ2) is 14.3.